The van der Waals surface area contributed by atoms with Gasteiger partial charge in [-0.15, -0.1) is 0 Å². The summed E-state index contributed by atoms with van der Waals surface area (Å²) in [4.78, 5) is 19.4. The van der Waals surface area contributed by atoms with Crippen LogP contribution < -0.4 is 5.32 Å². The van der Waals surface area contributed by atoms with Gasteiger partial charge >= 0.3 is 0 Å². The number of hydrogen-bond donors (Lipinski definition) is 1. The normalized spacial score (nSPS) is 28.6. The van der Waals surface area contributed by atoms with Crippen molar-refractivity contribution in [1.82, 2.24) is 10.2 Å². The van der Waals surface area contributed by atoms with Crippen LogP contribution in [0.5, 0.6) is 0 Å². The van der Waals surface area contributed by atoms with Crippen LogP contribution in [0.4, 0.5) is 0 Å². The Balaban J connectivity index is 1.71. The van der Waals surface area contributed by atoms with Crippen molar-refractivity contribution in [3.63, 3.8) is 0 Å². The monoisotopic (exact) mass is 399 g/mol. The van der Waals surface area contributed by atoms with E-state index < -0.39 is 0 Å². The molecular formula is C21H19Cl2N3O. The number of rotatable bonds is 4. The van der Waals surface area contributed by atoms with Gasteiger partial charge in [0.25, 0.3) is 0 Å². The van der Waals surface area contributed by atoms with E-state index in [1.165, 1.54) is 0 Å². The average Bonchev–Trinajstić information content (AvgIpc) is 3.19. The van der Waals surface area contributed by atoms with Crippen LogP contribution in [0, 0.1) is 11.8 Å². The highest BCUT2D eigenvalue weighted by molar-refractivity contribution is 6.42. The van der Waals surface area contributed by atoms with Crippen molar-refractivity contribution >= 4 is 35.4 Å². The first-order chi connectivity index (χ1) is 13.0. The lowest BCUT2D eigenvalue weighted by Gasteiger charge is -2.30. The number of allylic oxidation sites excluding steroid dienone is 2. The van der Waals surface area contributed by atoms with Crippen molar-refractivity contribution in [2.45, 2.75) is 18.5 Å². The third-order valence-corrected chi connectivity index (χ3v) is 6.04. The highest BCUT2D eigenvalue weighted by Crippen LogP contribution is 2.47. The Morgan fingerprint density at radius 3 is 2.70 bits per heavy atom. The van der Waals surface area contributed by atoms with E-state index in [-0.39, 0.29) is 29.8 Å². The largest absolute Gasteiger partial charge is 0.349 e. The molecule has 1 fully saturated rings. The van der Waals surface area contributed by atoms with E-state index in [4.69, 9.17) is 23.2 Å². The van der Waals surface area contributed by atoms with Gasteiger partial charge < -0.3 is 10.2 Å². The molecule has 3 aliphatic rings. The molecule has 0 bridgehead atoms. The first kappa shape index (κ1) is 18.1. The Kier molecular flexibility index (Phi) is 4.70. The Labute approximate surface area is 168 Å². The fourth-order valence-corrected chi connectivity index (χ4v) is 4.26. The number of fused-ring (bicyclic) bond motifs is 1. The van der Waals surface area contributed by atoms with E-state index in [0.29, 0.717) is 16.5 Å². The van der Waals surface area contributed by atoms with Gasteiger partial charge in [-0.3, -0.25) is 9.79 Å². The fourth-order valence-electron chi connectivity index (χ4n) is 3.96. The number of aliphatic imine (C=N–C) groups is 1. The molecule has 6 heteroatoms. The average molecular weight is 400 g/mol. The number of carbonyl (C=O) groups excluding carboxylic acids is 1. The second-order valence-electron chi connectivity index (χ2n) is 6.93. The van der Waals surface area contributed by atoms with E-state index in [9.17, 15) is 4.79 Å². The molecule has 2 heterocycles. The molecule has 4 nitrogen and oxygen atoms in total. The summed E-state index contributed by atoms with van der Waals surface area (Å²) in [7, 11) is 0. The Morgan fingerprint density at radius 2 is 2.00 bits per heavy atom. The number of halogens is 2. The first-order valence-corrected chi connectivity index (χ1v) is 9.50. The van der Waals surface area contributed by atoms with E-state index in [2.05, 4.69) is 29.5 Å². The van der Waals surface area contributed by atoms with Gasteiger partial charge in [-0.1, -0.05) is 66.7 Å². The maximum atomic E-state index is 13.2. The molecule has 2 aliphatic heterocycles. The molecule has 1 saturated heterocycles. The molecular weight excluding hydrogens is 381 g/mol. The number of likely N-dealkylation sites (tertiary alicyclic amines) is 1. The molecule has 138 valence electrons. The lowest BCUT2D eigenvalue weighted by molar-refractivity contribution is -0.129. The van der Waals surface area contributed by atoms with Crippen LogP contribution >= 0.6 is 23.2 Å². The molecule has 0 aromatic heterocycles. The van der Waals surface area contributed by atoms with Crippen LogP contribution in [0.3, 0.4) is 0 Å². The summed E-state index contributed by atoms with van der Waals surface area (Å²) in [6.07, 6.45) is 10.1. The third kappa shape index (κ3) is 3.13. The van der Waals surface area contributed by atoms with Gasteiger partial charge in [0.15, 0.2) is 0 Å². The summed E-state index contributed by atoms with van der Waals surface area (Å²) in [5.41, 5.74) is 2.48. The van der Waals surface area contributed by atoms with Gasteiger partial charge in [0.2, 0.25) is 5.91 Å². The maximum Gasteiger partial charge on any atom is 0.234 e. The van der Waals surface area contributed by atoms with Crippen LogP contribution in [-0.2, 0) is 4.79 Å². The van der Waals surface area contributed by atoms with Crippen molar-refractivity contribution in [3.8, 4) is 0 Å². The number of amides is 1. The van der Waals surface area contributed by atoms with Crippen LogP contribution in [0.15, 0.2) is 72.0 Å². The van der Waals surface area contributed by atoms with Crippen LogP contribution in [0.1, 0.15) is 18.0 Å². The first-order valence-electron chi connectivity index (χ1n) is 8.75. The van der Waals surface area contributed by atoms with Crippen molar-refractivity contribution in [2.24, 2.45) is 16.8 Å². The van der Waals surface area contributed by atoms with Gasteiger partial charge in [-0.25, -0.2) is 0 Å². The van der Waals surface area contributed by atoms with Crippen molar-refractivity contribution in [2.75, 3.05) is 0 Å². The Bertz CT molecular complexity index is 918. The number of carbonyl (C=O) groups is 1. The summed E-state index contributed by atoms with van der Waals surface area (Å²) in [5.74, 6) is -0.147. The molecule has 1 aromatic carbocycles. The van der Waals surface area contributed by atoms with E-state index >= 15 is 0 Å². The Hall–Kier alpha value is -2.30. The zero-order valence-corrected chi connectivity index (χ0v) is 16.1. The molecule has 1 aromatic rings. The summed E-state index contributed by atoms with van der Waals surface area (Å²) in [5, 5.41) is 3.97. The molecule has 1 aliphatic carbocycles. The molecule has 0 spiro atoms. The molecule has 0 radical (unpaired) electrons. The smallest absolute Gasteiger partial charge is 0.234 e. The predicted octanol–water partition coefficient (Wildman–Crippen LogP) is 4.65. The van der Waals surface area contributed by atoms with Gasteiger partial charge in [0, 0.05) is 23.7 Å². The number of benzene rings is 1. The van der Waals surface area contributed by atoms with Gasteiger partial charge in [0.1, 0.15) is 0 Å². The number of nitrogens with one attached hydrogen (secondary N) is 1. The third-order valence-electron chi connectivity index (χ3n) is 5.30. The summed E-state index contributed by atoms with van der Waals surface area (Å²) in [6, 6.07) is 5.24. The highest BCUT2D eigenvalue weighted by atomic mass is 35.5. The van der Waals surface area contributed by atoms with Gasteiger partial charge in [-0.05, 0) is 17.7 Å². The minimum Gasteiger partial charge on any atom is -0.349 e. The molecule has 1 amide bonds. The molecule has 4 rings (SSSR count). The minimum atomic E-state index is -0.209. The van der Waals surface area contributed by atoms with E-state index in [0.717, 1.165) is 17.0 Å². The van der Waals surface area contributed by atoms with E-state index in [1.54, 1.807) is 17.3 Å². The topological polar surface area (TPSA) is 44.7 Å². The Morgan fingerprint density at radius 1 is 1.22 bits per heavy atom. The van der Waals surface area contributed by atoms with E-state index in [1.807, 2.05) is 30.4 Å². The fraction of sp³-hybridized carbons (Fsp3) is 0.238. The minimum absolute atomic E-state index is 0.0184. The lowest BCUT2D eigenvalue weighted by atomic mass is 9.84. The summed E-state index contributed by atoms with van der Waals surface area (Å²) >= 11 is 12.4. The van der Waals surface area contributed by atoms with Crippen LogP contribution in [-0.4, -0.2) is 23.2 Å². The molecule has 1 N–H and O–H groups in total. The van der Waals surface area contributed by atoms with Crippen molar-refractivity contribution in [1.29, 1.82) is 0 Å². The zero-order chi connectivity index (χ0) is 19.1. The lowest BCUT2D eigenvalue weighted by Crippen LogP contribution is -2.30. The highest BCUT2D eigenvalue weighted by Gasteiger charge is 2.48. The molecule has 4 atom stereocenters. The van der Waals surface area contributed by atoms with Crippen LogP contribution in [0.25, 0.3) is 0 Å². The van der Waals surface area contributed by atoms with Crippen molar-refractivity contribution in [3.05, 3.63) is 82.7 Å². The number of hydrogen-bond acceptors (Lipinski definition) is 3. The zero-order valence-electron chi connectivity index (χ0n) is 14.6. The second-order valence-corrected chi connectivity index (χ2v) is 7.75. The molecule has 27 heavy (non-hydrogen) atoms. The van der Waals surface area contributed by atoms with Crippen molar-refractivity contribution < 1.29 is 4.79 Å². The second kappa shape index (κ2) is 7.02. The SMILES string of the molecule is C=C1NC=NC1CC(=C)N1C(=O)C2C=CC=CC2C1c1ccc(Cl)c(Cl)c1. The molecule has 0 saturated carbocycles. The predicted molar refractivity (Wildman–Crippen MR) is 110 cm³/mol. The summed E-state index contributed by atoms with van der Waals surface area (Å²) < 4.78 is 0. The maximum absolute atomic E-state index is 13.2. The quantitative estimate of drug-likeness (QED) is 0.800. The van der Waals surface area contributed by atoms with Gasteiger partial charge in [-0.2, -0.15) is 0 Å². The van der Waals surface area contributed by atoms with Gasteiger partial charge in [0.05, 0.1) is 34.4 Å². The van der Waals surface area contributed by atoms with Crippen LogP contribution in [0.2, 0.25) is 10.0 Å². The summed E-state index contributed by atoms with van der Waals surface area (Å²) in [6.45, 7) is 8.18. The number of nitrogens with zero attached hydrogens (tertiary/aromatic N) is 2. The standard InChI is InChI=1S/C21H19Cl2N3O/c1-12(9-19-13(2)24-11-25-19)26-20(14-7-8-17(22)18(23)10-14)15-5-3-4-6-16(15)21(26)27/h3-8,10-11,15-16,19-20H,1-2,9H2,(H,24,25). The molecule has 4 unspecified atom stereocenters.